The van der Waals surface area contributed by atoms with Gasteiger partial charge in [0.15, 0.2) is 5.13 Å². The fourth-order valence-corrected chi connectivity index (χ4v) is 1.97. The number of hydrogen-bond acceptors (Lipinski definition) is 3. The zero-order chi connectivity index (χ0) is 9.26. The van der Waals surface area contributed by atoms with Crippen molar-refractivity contribution in [1.82, 2.24) is 14.5 Å². The van der Waals surface area contributed by atoms with Crippen LogP contribution in [0.5, 0.6) is 0 Å². The Bertz CT molecular complexity index is 375. The van der Waals surface area contributed by atoms with E-state index >= 15 is 0 Å². The van der Waals surface area contributed by atoms with Crippen LogP contribution < -0.4 is 0 Å². The van der Waals surface area contributed by atoms with Crippen LogP contribution in [-0.2, 0) is 0 Å². The Labute approximate surface area is 81.1 Å². The average Bonchev–Trinajstić information content (AvgIpc) is 2.75. The van der Waals surface area contributed by atoms with Crippen LogP contribution in [0.4, 0.5) is 0 Å². The number of imidazole rings is 1. The summed E-state index contributed by atoms with van der Waals surface area (Å²) in [5.74, 6) is 0.494. The summed E-state index contributed by atoms with van der Waals surface area (Å²) in [6, 6.07) is 0. The zero-order valence-electron chi connectivity index (χ0n) is 7.64. The quantitative estimate of drug-likeness (QED) is 0.733. The van der Waals surface area contributed by atoms with Crippen molar-refractivity contribution in [3.05, 3.63) is 29.8 Å². The van der Waals surface area contributed by atoms with Crippen LogP contribution in [0.25, 0.3) is 5.13 Å². The van der Waals surface area contributed by atoms with Crippen LogP contribution in [0.15, 0.2) is 24.1 Å². The van der Waals surface area contributed by atoms with Gasteiger partial charge in [-0.3, -0.25) is 4.57 Å². The summed E-state index contributed by atoms with van der Waals surface area (Å²) in [4.78, 5) is 8.48. The van der Waals surface area contributed by atoms with Gasteiger partial charge in [0.1, 0.15) is 6.33 Å². The summed E-state index contributed by atoms with van der Waals surface area (Å²) in [6.45, 7) is 4.29. The van der Waals surface area contributed by atoms with Gasteiger partial charge in [-0.25, -0.2) is 9.97 Å². The highest BCUT2D eigenvalue weighted by Gasteiger charge is 2.05. The molecule has 0 aliphatic rings. The highest BCUT2D eigenvalue weighted by atomic mass is 32.1. The second-order valence-electron chi connectivity index (χ2n) is 3.18. The van der Waals surface area contributed by atoms with Gasteiger partial charge in [-0.05, 0) is 5.92 Å². The predicted molar refractivity (Wildman–Crippen MR) is 53.3 cm³/mol. The Morgan fingerprint density at radius 3 is 2.85 bits per heavy atom. The van der Waals surface area contributed by atoms with Gasteiger partial charge in [0.2, 0.25) is 0 Å². The van der Waals surface area contributed by atoms with Gasteiger partial charge in [0, 0.05) is 17.8 Å². The number of thiazole rings is 1. The van der Waals surface area contributed by atoms with Crippen molar-refractivity contribution in [1.29, 1.82) is 0 Å². The Kier molecular flexibility index (Phi) is 2.14. The van der Waals surface area contributed by atoms with Crippen LogP contribution in [0, 0.1) is 0 Å². The molecule has 0 unspecified atom stereocenters. The molecule has 0 saturated heterocycles. The highest BCUT2D eigenvalue weighted by Crippen LogP contribution is 2.20. The van der Waals surface area contributed by atoms with Crippen LogP contribution in [-0.4, -0.2) is 14.5 Å². The fourth-order valence-electron chi connectivity index (χ4n) is 1.03. The summed E-state index contributed by atoms with van der Waals surface area (Å²) in [6.07, 6.45) is 5.43. The van der Waals surface area contributed by atoms with Crippen molar-refractivity contribution < 1.29 is 0 Å². The summed E-state index contributed by atoms with van der Waals surface area (Å²) in [5.41, 5.74) is 1.15. The van der Waals surface area contributed by atoms with Crippen LogP contribution in [0.1, 0.15) is 25.5 Å². The molecule has 3 nitrogen and oxygen atoms in total. The number of rotatable bonds is 2. The van der Waals surface area contributed by atoms with Crippen molar-refractivity contribution in [2.24, 2.45) is 0 Å². The molecule has 0 amide bonds. The van der Waals surface area contributed by atoms with Crippen molar-refractivity contribution in [2.75, 3.05) is 0 Å². The van der Waals surface area contributed by atoms with Gasteiger partial charge in [-0.1, -0.05) is 13.8 Å². The molecule has 2 aromatic rings. The number of aromatic nitrogens is 3. The Morgan fingerprint density at radius 2 is 2.31 bits per heavy atom. The molecule has 13 heavy (non-hydrogen) atoms. The summed E-state index contributed by atoms with van der Waals surface area (Å²) in [7, 11) is 0. The van der Waals surface area contributed by atoms with E-state index in [0.717, 1.165) is 10.8 Å². The van der Waals surface area contributed by atoms with Gasteiger partial charge in [-0.15, -0.1) is 11.3 Å². The van der Waals surface area contributed by atoms with Gasteiger partial charge in [-0.2, -0.15) is 0 Å². The maximum Gasteiger partial charge on any atom is 0.195 e. The third-order valence-electron chi connectivity index (χ3n) is 1.83. The topological polar surface area (TPSA) is 30.7 Å². The van der Waals surface area contributed by atoms with E-state index in [4.69, 9.17) is 0 Å². The maximum absolute atomic E-state index is 4.49. The van der Waals surface area contributed by atoms with Crippen LogP contribution >= 0.6 is 11.3 Å². The van der Waals surface area contributed by atoms with E-state index in [1.807, 2.05) is 10.8 Å². The molecule has 2 rings (SSSR count). The molecule has 0 N–H and O–H groups in total. The lowest BCUT2D eigenvalue weighted by atomic mass is 10.2. The van der Waals surface area contributed by atoms with E-state index in [1.54, 1.807) is 23.9 Å². The second kappa shape index (κ2) is 3.30. The van der Waals surface area contributed by atoms with Crippen molar-refractivity contribution in [3.8, 4) is 5.13 Å². The van der Waals surface area contributed by atoms with Gasteiger partial charge >= 0.3 is 0 Å². The lowest BCUT2D eigenvalue weighted by molar-refractivity contribution is 0.824. The smallest absolute Gasteiger partial charge is 0.195 e. The lowest BCUT2D eigenvalue weighted by Crippen LogP contribution is -1.91. The van der Waals surface area contributed by atoms with E-state index in [2.05, 4.69) is 29.2 Å². The van der Waals surface area contributed by atoms with Crippen LogP contribution in [0.3, 0.4) is 0 Å². The minimum Gasteiger partial charge on any atom is -0.282 e. The van der Waals surface area contributed by atoms with E-state index in [1.165, 1.54) is 0 Å². The molecule has 4 heteroatoms. The van der Waals surface area contributed by atoms with Crippen molar-refractivity contribution in [2.45, 2.75) is 19.8 Å². The third-order valence-corrected chi connectivity index (χ3v) is 2.70. The van der Waals surface area contributed by atoms with Gasteiger partial charge < -0.3 is 0 Å². The Morgan fingerprint density at radius 1 is 1.46 bits per heavy atom. The first kappa shape index (κ1) is 8.44. The molecular formula is C9H11N3S. The Hall–Kier alpha value is -1.16. The predicted octanol–water partition coefficient (Wildman–Crippen LogP) is 2.45. The van der Waals surface area contributed by atoms with Gasteiger partial charge in [0.05, 0.1) is 5.69 Å². The minimum absolute atomic E-state index is 0.494. The molecular weight excluding hydrogens is 182 g/mol. The normalized spacial score (nSPS) is 11.0. The molecule has 0 bridgehead atoms. The summed E-state index contributed by atoms with van der Waals surface area (Å²) >= 11 is 1.65. The Balaban J connectivity index is 2.33. The standard InChI is InChI=1S/C9H11N3S/c1-7(2)8-5-13-9(11-8)12-4-3-10-6-12/h3-7H,1-2H3. The van der Waals surface area contributed by atoms with E-state index in [9.17, 15) is 0 Å². The van der Waals surface area contributed by atoms with E-state index in [-0.39, 0.29) is 0 Å². The molecule has 0 aromatic carbocycles. The van der Waals surface area contributed by atoms with Crippen LogP contribution in [0.2, 0.25) is 0 Å². The molecule has 0 fully saturated rings. The summed E-state index contributed by atoms with van der Waals surface area (Å²) in [5, 5.41) is 3.08. The molecule has 0 aliphatic carbocycles. The first-order valence-electron chi connectivity index (χ1n) is 4.21. The molecule has 68 valence electrons. The average molecular weight is 193 g/mol. The lowest BCUT2D eigenvalue weighted by Gasteiger charge is -1.97. The maximum atomic E-state index is 4.49. The van der Waals surface area contributed by atoms with Crippen molar-refractivity contribution in [3.63, 3.8) is 0 Å². The van der Waals surface area contributed by atoms with Gasteiger partial charge in [0.25, 0.3) is 0 Å². The first-order valence-corrected chi connectivity index (χ1v) is 5.09. The van der Waals surface area contributed by atoms with E-state index in [0.29, 0.717) is 5.92 Å². The monoisotopic (exact) mass is 193 g/mol. The third kappa shape index (κ3) is 1.62. The largest absolute Gasteiger partial charge is 0.282 e. The SMILES string of the molecule is CC(C)c1csc(-n2ccnc2)n1. The zero-order valence-corrected chi connectivity index (χ0v) is 8.45. The minimum atomic E-state index is 0.494. The fraction of sp³-hybridized carbons (Fsp3) is 0.333. The molecule has 2 heterocycles. The molecule has 0 radical (unpaired) electrons. The van der Waals surface area contributed by atoms with Crippen molar-refractivity contribution >= 4 is 11.3 Å². The number of nitrogens with zero attached hydrogens (tertiary/aromatic N) is 3. The van der Waals surface area contributed by atoms with E-state index < -0.39 is 0 Å². The highest BCUT2D eigenvalue weighted by molar-refractivity contribution is 7.12. The summed E-state index contributed by atoms with van der Waals surface area (Å²) < 4.78 is 1.93. The molecule has 0 saturated carbocycles. The molecule has 0 aliphatic heterocycles. The second-order valence-corrected chi connectivity index (χ2v) is 4.02. The number of hydrogen-bond donors (Lipinski definition) is 0. The molecule has 0 atom stereocenters. The molecule has 0 spiro atoms. The first-order chi connectivity index (χ1) is 6.27. The molecule has 2 aromatic heterocycles.